The fraction of sp³-hybridized carbons (Fsp3) is 0.154. The molecule has 0 unspecified atom stereocenters. The van der Waals surface area contributed by atoms with Crippen LogP contribution in [0.5, 0.6) is 0 Å². The number of sulfone groups is 1. The Morgan fingerprint density at radius 1 is 1.26 bits per heavy atom. The molecule has 0 amide bonds. The second-order valence-corrected chi connectivity index (χ2v) is 6.60. The van der Waals surface area contributed by atoms with Crippen molar-refractivity contribution in [3.8, 4) is 0 Å². The van der Waals surface area contributed by atoms with Gasteiger partial charge in [0.1, 0.15) is 0 Å². The molecule has 0 aliphatic heterocycles. The largest absolute Gasteiger partial charge is 0.399 e. The summed E-state index contributed by atoms with van der Waals surface area (Å²) in [6.07, 6.45) is 3.70. The average molecular weight is 297 g/mol. The molecule has 0 aliphatic carbocycles. The highest BCUT2D eigenvalue weighted by Gasteiger charge is 2.18. The Morgan fingerprint density at radius 3 is 2.68 bits per heavy atom. The second kappa shape index (κ2) is 5.59. The standard InChI is InChI=1S/C13H13ClN2O2S/c14-12-8-11(15)3-4-13(12)19(17,18)7-5-10-2-1-6-16-9-10/h1-4,6,8-9H,5,7,15H2. The predicted octanol–water partition coefficient (Wildman–Crippen LogP) is 2.33. The highest BCUT2D eigenvalue weighted by Crippen LogP contribution is 2.25. The van der Waals surface area contributed by atoms with E-state index in [-0.39, 0.29) is 15.7 Å². The lowest BCUT2D eigenvalue weighted by Crippen LogP contribution is -2.10. The number of pyridine rings is 1. The molecule has 0 radical (unpaired) electrons. The van der Waals surface area contributed by atoms with Crippen molar-refractivity contribution in [2.24, 2.45) is 0 Å². The van der Waals surface area contributed by atoms with Gasteiger partial charge in [0.15, 0.2) is 9.84 Å². The first kappa shape index (κ1) is 13.8. The third-order valence-electron chi connectivity index (χ3n) is 2.67. The molecular formula is C13H13ClN2O2S. The van der Waals surface area contributed by atoms with Crippen molar-refractivity contribution in [1.82, 2.24) is 4.98 Å². The monoisotopic (exact) mass is 296 g/mol. The first-order valence-electron chi connectivity index (χ1n) is 5.66. The van der Waals surface area contributed by atoms with Crippen LogP contribution in [0.2, 0.25) is 5.02 Å². The average Bonchev–Trinajstić information content (AvgIpc) is 2.37. The van der Waals surface area contributed by atoms with Crippen molar-refractivity contribution in [2.45, 2.75) is 11.3 Å². The van der Waals surface area contributed by atoms with Gasteiger partial charge in [0.2, 0.25) is 0 Å². The zero-order valence-corrected chi connectivity index (χ0v) is 11.7. The van der Waals surface area contributed by atoms with Gasteiger partial charge in [-0.15, -0.1) is 0 Å². The summed E-state index contributed by atoms with van der Waals surface area (Å²) in [7, 11) is -3.42. The molecule has 0 bridgehead atoms. The highest BCUT2D eigenvalue weighted by molar-refractivity contribution is 7.91. The summed E-state index contributed by atoms with van der Waals surface area (Å²) in [5.74, 6) is -0.0116. The summed E-state index contributed by atoms with van der Waals surface area (Å²) >= 11 is 5.92. The maximum Gasteiger partial charge on any atom is 0.180 e. The molecule has 2 aromatic rings. The lowest BCUT2D eigenvalue weighted by atomic mass is 10.2. The van der Waals surface area contributed by atoms with E-state index in [0.717, 1.165) is 5.56 Å². The van der Waals surface area contributed by atoms with E-state index in [1.807, 2.05) is 6.07 Å². The molecule has 100 valence electrons. The summed E-state index contributed by atoms with van der Waals surface area (Å²) in [5, 5.41) is 0.159. The van der Waals surface area contributed by atoms with Gasteiger partial charge in [-0.3, -0.25) is 4.98 Å². The van der Waals surface area contributed by atoms with Crippen molar-refractivity contribution in [1.29, 1.82) is 0 Å². The number of anilines is 1. The maximum atomic E-state index is 12.2. The van der Waals surface area contributed by atoms with Crippen molar-refractivity contribution in [2.75, 3.05) is 11.5 Å². The van der Waals surface area contributed by atoms with Gasteiger partial charge in [-0.1, -0.05) is 17.7 Å². The van der Waals surface area contributed by atoms with E-state index < -0.39 is 9.84 Å². The number of hydrogen-bond donors (Lipinski definition) is 1. The number of nitrogens with two attached hydrogens (primary N) is 1. The van der Waals surface area contributed by atoms with Gasteiger partial charge in [0, 0.05) is 18.1 Å². The number of aromatic nitrogens is 1. The Morgan fingerprint density at radius 2 is 2.05 bits per heavy atom. The minimum Gasteiger partial charge on any atom is -0.399 e. The topological polar surface area (TPSA) is 73.1 Å². The van der Waals surface area contributed by atoms with Crippen LogP contribution in [0.1, 0.15) is 5.56 Å². The van der Waals surface area contributed by atoms with Crippen LogP contribution >= 0.6 is 11.6 Å². The summed E-state index contributed by atoms with van der Waals surface area (Å²) in [6, 6.07) is 8.03. The van der Waals surface area contributed by atoms with Gasteiger partial charge >= 0.3 is 0 Å². The Labute approximate surface area is 117 Å². The molecule has 1 heterocycles. The number of aryl methyl sites for hydroxylation is 1. The van der Waals surface area contributed by atoms with Crippen LogP contribution in [-0.2, 0) is 16.3 Å². The summed E-state index contributed by atoms with van der Waals surface area (Å²) in [4.78, 5) is 4.07. The number of nitrogens with zero attached hydrogens (tertiary/aromatic N) is 1. The van der Waals surface area contributed by atoms with Crippen molar-refractivity contribution in [3.63, 3.8) is 0 Å². The summed E-state index contributed by atoms with van der Waals surface area (Å²) in [6.45, 7) is 0. The third-order valence-corrected chi connectivity index (χ3v) is 4.87. The zero-order valence-electron chi connectivity index (χ0n) is 10.1. The lowest BCUT2D eigenvalue weighted by molar-refractivity contribution is 0.595. The van der Waals surface area contributed by atoms with Gasteiger partial charge in [0.05, 0.1) is 15.7 Å². The van der Waals surface area contributed by atoms with Gasteiger partial charge < -0.3 is 5.73 Å². The number of rotatable bonds is 4. The number of nitrogen functional groups attached to an aromatic ring is 1. The van der Waals surface area contributed by atoms with E-state index in [0.29, 0.717) is 12.1 Å². The van der Waals surface area contributed by atoms with Gasteiger partial charge in [-0.25, -0.2) is 8.42 Å². The molecule has 19 heavy (non-hydrogen) atoms. The molecule has 0 fully saturated rings. The number of hydrogen-bond acceptors (Lipinski definition) is 4. The molecule has 0 aliphatic rings. The van der Waals surface area contributed by atoms with Crippen LogP contribution in [0, 0.1) is 0 Å². The van der Waals surface area contributed by atoms with Gasteiger partial charge in [-0.05, 0) is 36.2 Å². The van der Waals surface area contributed by atoms with Crippen molar-refractivity contribution in [3.05, 3.63) is 53.3 Å². The van der Waals surface area contributed by atoms with Gasteiger partial charge in [-0.2, -0.15) is 0 Å². The van der Waals surface area contributed by atoms with Crippen molar-refractivity contribution >= 4 is 27.1 Å². The molecule has 4 nitrogen and oxygen atoms in total. The van der Waals surface area contributed by atoms with Crippen LogP contribution in [0.15, 0.2) is 47.6 Å². The fourth-order valence-corrected chi connectivity index (χ4v) is 3.57. The van der Waals surface area contributed by atoms with E-state index in [2.05, 4.69) is 4.98 Å². The third kappa shape index (κ3) is 3.45. The molecule has 0 spiro atoms. The van der Waals surface area contributed by atoms with Gasteiger partial charge in [0.25, 0.3) is 0 Å². The predicted molar refractivity (Wildman–Crippen MR) is 75.9 cm³/mol. The molecular weight excluding hydrogens is 284 g/mol. The Bertz CT molecular complexity index is 672. The minimum atomic E-state index is -3.42. The molecule has 6 heteroatoms. The first-order valence-corrected chi connectivity index (χ1v) is 7.69. The molecule has 1 aromatic carbocycles. The molecule has 0 saturated heterocycles. The second-order valence-electron chi connectivity index (χ2n) is 4.12. The highest BCUT2D eigenvalue weighted by atomic mass is 35.5. The first-order chi connectivity index (χ1) is 8.99. The van der Waals surface area contributed by atoms with E-state index in [4.69, 9.17) is 17.3 Å². The van der Waals surface area contributed by atoms with E-state index in [9.17, 15) is 8.42 Å². The zero-order chi connectivity index (χ0) is 13.9. The molecule has 0 saturated carbocycles. The Hall–Kier alpha value is -1.59. The van der Waals surface area contributed by atoms with Crippen LogP contribution in [0.25, 0.3) is 0 Å². The van der Waals surface area contributed by atoms with Crippen molar-refractivity contribution < 1.29 is 8.42 Å². The molecule has 2 rings (SSSR count). The maximum absolute atomic E-state index is 12.2. The van der Waals surface area contributed by atoms with Crippen LogP contribution in [-0.4, -0.2) is 19.2 Å². The van der Waals surface area contributed by atoms with E-state index in [1.165, 1.54) is 18.2 Å². The Balaban J connectivity index is 2.19. The molecule has 1 aromatic heterocycles. The SMILES string of the molecule is Nc1ccc(S(=O)(=O)CCc2cccnc2)c(Cl)c1. The number of halogens is 1. The lowest BCUT2D eigenvalue weighted by Gasteiger charge is -2.07. The van der Waals surface area contributed by atoms with Crippen LogP contribution in [0.4, 0.5) is 5.69 Å². The summed E-state index contributed by atoms with van der Waals surface area (Å²) in [5.41, 5.74) is 6.86. The van der Waals surface area contributed by atoms with E-state index >= 15 is 0 Å². The fourth-order valence-electron chi connectivity index (χ4n) is 1.68. The van der Waals surface area contributed by atoms with E-state index in [1.54, 1.807) is 18.5 Å². The minimum absolute atomic E-state index is 0.0116. The number of benzene rings is 1. The summed E-state index contributed by atoms with van der Waals surface area (Å²) < 4.78 is 24.4. The molecule has 2 N–H and O–H groups in total. The van der Waals surface area contributed by atoms with Crippen LogP contribution < -0.4 is 5.73 Å². The normalized spacial score (nSPS) is 11.4. The quantitative estimate of drug-likeness (QED) is 0.879. The Kier molecular flexibility index (Phi) is 4.07. The smallest absolute Gasteiger partial charge is 0.180 e. The molecule has 0 atom stereocenters. The van der Waals surface area contributed by atoms with Crippen LogP contribution in [0.3, 0.4) is 0 Å².